The van der Waals surface area contributed by atoms with Crippen LogP contribution >= 0.6 is 27.3 Å². The smallest absolute Gasteiger partial charge is 0.147 e. The van der Waals surface area contributed by atoms with Crippen LogP contribution in [0.1, 0.15) is 30.5 Å². The van der Waals surface area contributed by atoms with Crippen LogP contribution in [0, 0.1) is 5.82 Å². The molecule has 1 N–H and O–H groups in total. The summed E-state index contributed by atoms with van der Waals surface area (Å²) in [6.45, 7) is 7.23. The minimum atomic E-state index is -0.234. The highest BCUT2D eigenvalue weighted by atomic mass is 79.9. The van der Waals surface area contributed by atoms with Crippen LogP contribution in [0.4, 0.5) is 10.1 Å². The number of thiophene rings is 1. The second kappa shape index (κ2) is 5.63. The highest BCUT2D eigenvalue weighted by molar-refractivity contribution is 9.10. The summed E-state index contributed by atoms with van der Waals surface area (Å²) in [5.41, 5.74) is 0.690. The van der Waals surface area contributed by atoms with E-state index in [2.05, 4.69) is 54.2 Å². The van der Waals surface area contributed by atoms with E-state index in [-0.39, 0.29) is 11.2 Å². The van der Waals surface area contributed by atoms with E-state index in [4.69, 9.17) is 0 Å². The molecule has 0 aliphatic heterocycles. The molecule has 4 heteroatoms. The van der Waals surface area contributed by atoms with Gasteiger partial charge in [0.2, 0.25) is 0 Å². The van der Waals surface area contributed by atoms with E-state index in [0.29, 0.717) is 12.2 Å². The Labute approximate surface area is 126 Å². The molecule has 19 heavy (non-hydrogen) atoms. The molecule has 0 aliphatic carbocycles. The molecule has 102 valence electrons. The minimum Gasteiger partial charge on any atom is -0.377 e. The topological polar surface area (TPSA) is 12.0 Å². The van der Waals surface area contributed by atoms with E-state index in [9.17, 15) is 4.39 Å². The Morgan fingerprint density at radius 2 is 1.95 bits per heavy atom. The first kappa shape index (κ1) is 14.5. The summed E-state index contributed by atoms with van der Waals surface area (Å²) in [7, 11) is 0. The van der Waals surface area contributed by atoms with Crippen LogP contribution in [-0.4, -0.2) is 0 Å². The molecule has 2 rings (SSSR count). The van der Waals surface area contributed by atoms with Gasteiger partial charge in [0.25, 0.3) is 0 Å². The van der Waals surface area contributed by atoms with E-state index in [1.165, 1.54) is 15.8 Å². The zero-order valence-electron chi connectivity index (χ0n) is 11.3. The molecule has 0 bridgehead atoms. The van der Waals surface area contributed by atoms with E-state index < -0.39 is 0 Å². The van der Waals surface area contributed by atoms with Crippen LogP contribution < -0.4 is 5.32 Å². The van der Waals surface area contributed by atoms with Crippen LogP contribution in [0.3, 0.4) is 0 Å². The summed E-state index contributed by atoms with van der Waals surface area (Å²) in [6, 6.07) is 9.24. The van der Waals surface area contributed by atoms with Gasteiger partial charge in [0, 0.05) is 20.8 Å². The molecule has 0 fully saturated rings. The van der Waals surface area contributed by atoms with Crippen molar-refractivity contribution in [1.82, 2.24) is 0 Å². The van der Waals surface area contributed by atoms with Gasteiger partial charge in [-0.2, -0.15) is 0 Å². The molecule has 1 nitrogen and oxygen atoms in total. The van der Waals surface area contributed by atoms with Gasteiger partial charge in [0.1, 0.15) is 5.82 Å². The van der Waals surface area contributed by atoms with Crippen molar-refractivity contribution in [2.45, 2.75) is 32.7 Å². The number of para-hydroxylation sites is 1. The normalized spacial score (nSPS) is 11.6. The van der Waals surface area contributed by atoms with Gasteiger partial charge in [-0.05, 0) is 45.6 Å². The first-order valence-electron chi connectivity index (χ1n) is 6.15. The molecule has 1 aromatic heterocycles. The largest absolute Gasteiger partial charge is 0.377 e. The van der Waals surface area contributed by atoms with Crippen LogP contribution in [0.5, 0.6) is 0 Å². The number of anilines is 1. The fourth-order valence-electron chi connectivity index (χ4n) is 1.72. The number of rotatable bonds is 3. The van der Waals surface area contributed by atoms with Gasteiger partial charge in [-0.3, -0.25) is 0 Å². The number of halogens is 2. The van der Waals surface area contributed by atoms with E-state index in [0.717, 1.165) is 4.47 Å². The molecule has 0 amide bonds. The maximum absolute atomic E-state index is 13.7. The minimum absolute atomic E-state index is 0.168. The van der Waals surface area contributed by atoms with Crippen molar-refractivity contribution < 1.29 is 4.39 Å². The Hall–Kier alpha value is -0.870. The highest BCUT2D eigenvalue weighted by Gasteiger charge is 2.16. The summed E-state index contributed by atoms with van der Waals surface area (Å²) < 4.78 is 14.4. The number of benzene rings is 1. The Kier molecular flexibility index (Phi) is 4.31. The van der Waals surface area contributed by atoms with Crippen LogP contribution in [0.2, 0.25) is 0 Å². The molecule has 0 atom stereocenters. The summed E-state index contributed by atoms with van der Waals surface area (Å²) in [5.74, 6) is -0.234. The van der Waals surface area contributed by atoms with Crippen molar-refractivity contribution in [3.63, 3.8) is 0 Å². The SMILES string of the molecule is CC(C)(C)c1ccc(CNc2c(F)cccc2Br)s1. The molecule has 0 radical (unpaired) electrons. The maximum Gasteiger partial charge on any atom is 0.147 e. The lowest BCUT2D eigenvalue weighted by atomic mass is 9.95. The molecule has 2 aromatic rings. The molecule has 0 aliphatic rings. The predicted octanol–water partition coefficient (Wildman–Crippen LogP) is 5.56. The average molecular weight is 342 g/mol. The van der Waals surface area contributed by atoms with Crippen LogP contribution in [0.25, 0.3) is 0 Å². The van der Waals surface area contributed by atoms with E-state index in [1.54, 1.807) is 17.4 Å². The van der Waals surface area contributed by atoms with Crippen molar-refractivity contribution in [2.24, 2.45) is 0 Å². The molecule has 1 heterocycles. The third-order valence-electron chi connectivity index (χ3n) is 2.80. The third-order valence-corrected chi connectivity index (χ3v) is 4.97. The van der Waals surface area contributed by atoms with Gasteiger partial charge in [0.15, 0.2) is 0 Å². The van der Waals surface area contributed by atoms with E-state index >= 15 is 0 Å². The molecule has 1 aromatic carbocycles. The quantitative estimate of drug-likeness (QED) is 0.770. The van der Waals surface area contributed by atoms with Crippen molar-refractivity contribution in [2.75, 3.05) is 5.32 Å². The second-order valence-electron chi connectivity index (χ2n) is 5.47. The maximum atomic E-state index is 13.7. The fraction of sp³-hybridized carbons (Fsp3) is 0.333. The molecule has 0 saturated carbocycles. The van der Waals surface area contributed by atoms with Gasteiger partial charge in [0.05, 0.1) is 5.69 Å². The Balaban J connectivity index is 2.09. The van der Waals surface area contributed by atoms with Crippen LogP contribution in [-0.2, 0) is 12.0 Å². The Morgan fingerprint density at radius 1 is 1.21 bits per heavy atom. The summed E-state index contributed by atoms with van der Waals surface area (Å²) >= 11 is 5.13. The van der Waals surface area contributed by atoms with Gasteiger partial charge in [-0.1, -0.05) is 26.8 Å². The monoisotopic (exact) mass is 341 g/mol. The van der Waals surface area contributed by atoms with Crippen molar-refractivity contribution in [3.8, 4) is 0 Å². The summed E-state index contributed by atoms with van der Waals surface area (Å²) in [5, 5.41) is 3.15. The lowest BCUT2D eigenvalue weighted by molar-refractivity contribution is 0.604. The van der Waals surface area contributed by atoms with Crippen molar-refractivity contribution >= 4 is 33.0 Å². The van der Waals surface area contributed by atoms with E-state index in [1.807, 2.05) is 6.07 Å². The zero-order chi connectivity index (χ0) is 14.0. The molecule has 0 spiro atoms. The lowest BCUT2D eigenvalue weighted by Gasteiger charge is -2.15. The van der Waals surface area contributed by atoms with Crippen molar-refractivity contribution in [3.05, 3.63) is 50.4 Å². The predicted molar refractivity (Wildman–Crippen MR) is 84.4 cm³/mol. The first-order valence-corrected chi connectivity index (χ1v) is 7.76. The number of hydrogen-bond donors (Lipinski definition) is 1. The number of nitrogens with one attached hydrogen (secondary N) is 1. The van der Waals surface area contributed by atoms with Gasteiger partial charge >= 0.3 is 0 Å². The second-order valence-corrected chi connectivity index (χ2v) is 7.49. The molecular formula is C15H17BrFNS. The first-order chi connectivity index (χ1) is 8.88. The third kappa shape index (κ3) is 3.57. The Morgan fingerprint density at radius 3 is 2.53 bits per heavy atom. The van der Waals surface area contributed by atoms with Gasteiger partial charge in [-0.25, -0.2) is 4.39 Å². The van der Waals surface area contributed by atoms with Gasteiger partial charge in [-0.15, -0.1) is 11.3 Å². The lowest BCUT2D eigenvalue weighted by Crippen LogP contribution is -2.07. The number of hydrogen-bond acceptors (Lipinski definition) is 2. The standard InChI is InChI=1S/C15H17BrFNS/c1-15(2,3)13-8-7-10(19-13)9-18-14-11(16)5-4-6-12(14)17/h4-8,18H,9H2,1-3H3. The fourth-order valence-corrected chi connectivity index (χ4v) is 3.21. The molecule has 0 unspecified atom stereocenters. The van der Waals surface area contributed by atoms with Crippen LogP contribution in [0.15, 0.2) is 34.8 Å². The zero-order valence-corrected chi connectivity index (χ0v) is 13.7. The summed E-state index contributed by atoms with van der Waals surface area (Å²) in [4.78, 5) is 2.55. The average Bonchev–Trinajstić information content (AvgIpc) is 2.77. The highest BCUT2D eigenvalue weighted by Crippen LogP contribution is 2.31. The van der Waals surface area contributed by atoms with Gasteiger partial charge < -0.3 is 5.32 Å². The Bertz CT molecular complexity index is 552. The van der Waals surface area contributed by atoms with Crippen molar-refractivity contribution in [1.29, 1.82) is 0 Å². The molecular weight excluding hydrogens is 325 g/mol. The molecule has 0 saturated heterocycles. The summed E-state index contributed by atoms with van der Waals surface area (Å²) in [6.07, 6.45) is 0.